The molecule has 0 atom stereocenters. The summed E-state index contributed by atoms with van der Waals surface area (Å²) in [5.41, 5.74) is 0. The van der Waals surface area contributed by atoms with E-state index < -0.39 is 0 Å². The van der Waals surface area contributed by atoms with Gasteiger partial charge < -0.3 is 14.2 Å². The maximum Gasteiger partial charge on any atom is 0.160 e. The van der Waals surface area contributed by atoms with Crippen LogP contribution in [0.4, 0.5) is 0 Å². The van der Waals surface area contributed by atoms with Crippen LogP contribution in [0.2, 0.25) is 0 Å². The van der Waals surface area contributed by atoms with Crippen molar-refractivity contribution in [3.63, 3.8) is 0 Å². The average molecular weight is 216 g/mol. The van der Waals surface area contributed by atoms with E-state index in [9.17, 15) is 0 Å². The molecule has 0 radical (unpaired) electrons. The number of ether oxygens (including phenoxy) is 3. The Kier molecular flexibility index (Phi) is 8.67. The summed E-state index contributed by atoms with van der Waals surface area (Å²) < 4.78 is 16.5. The van der Waals surface area contributed by atoms with Gasteiger partial charge in [-0.25, -0.2) is 0 Å². The second-order valence-corrected chi connectivity index (χ2v) is 3.95. The van der Waals surface area contributed by atoms with E-state index in [2.05, 4.69) is 6.58 Å². The molecule has 0 aliphatic carbocycles. The maximum atomic E-state index is 5.61. The molecule has 15 heavy (non-hydrogen) atoms. The number of rotatable bonds is 9. The van der Waals surface area contributed by atoms with Crippen LogP contribution in [0.15, 0.2) is 12.7 Å². The lowest BCUT2D eigenvalue weighted by Gasteiger charge is -2.22. The normalized spacial score (nSPS) is 11.7. The van der Waals surface area contributed by atoms with Gasteiger partial charge in [-0.05, 0) is 27.7 Å². The summed E-state index contributed by atoms with van der Waals surface area (Å²) in [5.74, 6) is 0. The Morgan fingerprint density at radius 2 is 1.60 bits per heavy atom. The lowest BCUT2D eigenvalue weighted by molar-refractivity contribution is -0.188. The molecule has 0 saturated carbocycles. The zero-order valence-electron chi connectivity index (χ0n) is 10.4. The largest absolute Gasteiger partial charge is 0.377 e. The average Bonchev–Trinajstić information content (AvgIpc) is 2.10. The maximum absolute atomic E-state index is 5.61. The van der Waals surface area contributed by atoms with E-state index in [1.54, 1.807) is 6.08 Å². The third-order valence-corrected chi connectivity index (χ3v) is 1.58. The Morgan fingerprint density at radius 1 is 1.07 bits per heavy atom. The van der Waals surface area contributed by atoms with Crippen molar-refractivity contribution in [3.8, 4) is 0 Å². The van der Waals surface area contributed by atoms with Crippen molar-refractivity contribution in [2.45, 2.75) is 52.6 Å². The molecule has 0 aliphatic rings. The molecule has 0 spiro atoms. The molecule has 0 bridgehead atoms. The van der Waals surface area contributed by atoms with Crippen molar-refractivity contribution in [1.29, 1.82) is 0 Å². The highest BCUT2D eigenvalue weighted by atomic mass is 16.7. The van der Waals surface area contributed by atoms with Crippen molar-refractivity contribution >= 4 is 0 Å². The summed E-state index contributed by atoms with van der Waals surface area (Å²) in [4.78, 5) is 0. The van der Waals surface area contributed by atoms with E-state index in [1.165, 1.54) is 0 Å². The molecule has 0 aromatic rings. The molecule has 3 heteroatoms. The molecule has 0 amide bonds. The third-order valence-electron chi connectivity index (χ3n) is 1.58. The van der Waals surface area contributed by atoms with Gasteiger partial charge in [-0.2, -0.15) is 0 Å². The molecule has 0 fully saturated rings. The van der Waals surface area contributed by atoms with Gasteiger partial charge in [0.05, 0.1) is 25.4 Å². The zero-order chi connectivity index (χ0) is 11.7. The molecule has 0 aliphatic heterocycles. The Balaban J connectivity index is 3.74. The second kappa shape index (κ2) is 8.89. The SMILES string of the molecule is C=CCOCCC(OC(C)C)OC(C)C. The summed E-state index contributed by atoms with van der Waals surface area (Å²) in [6.45, 7) is 12.8. The smallest absolute Gasteiger partial charge is 0.160 e. The van der Waals surface area contributed by atoms with Gasteiger partial charge in [0.1, 0.15) is 0 Å². The van der Waals surface area contributed by atoms with Crippen molar-refractivity contribution in [1.82, 2.24) is 0 Å². The van der Waals surface area contributed by atoms with Crippen LogP contribution in [0, 0.1) is 0 Å². The molecule has 3 nitrogen and oxygen atoms in total. The quantitative estimate of drug-likeness (QED) is 0.337. The van der Waals surface area contributed by atoms with Crippen LogP contribution < -0.4 is 0 Å². The molecule has 0 unspecified atom stereocenters. The fourth-order valence-electron chi connectivity index (χ4n) is 1.12. The van der Waals surface area contributed by atoms with Gasteiger partial charge in [0.15, 0.2) is 6.29 Å². The Morgan fingerprint density at radius 3 is 2.00 bits per heavy atom. The van der Waals surface area contributed by atoms with Crippen LogP contribution in [0.3, 0.4) is 0 Å². The molecular weight excluding hydrogens is 192 g/mol. The van der Waals surface area contributed by atoms with Gasteiger partial charge in [-0.15, -0.1) is 6.58 Å². The van der Waals surface area contributed by atoms with Crippen LogP contribution >= 0.6 is 0 Å². The molecule has 0 N–H and O–H groups in total. The second-order valence-electron chi connectivity index (χ2n) is 3.95. The standard InChI is InChI=1S/C12H24O3/c1-6-8-13-9-7-12(14-10(2)3)15-11(4)5/h6,10-12H,1,7-9H2,2-5H3. The van der Waals surface area contributed by atoms with Gasteiger partial charge >= 0.3 is 0 Å². The van der Waals surface area contributed by atoms with Crippen LogP contribution in [0.1, 0.15) is 34.1 Å². The molecule has 0 heterocycles. The van der Waals surface area contributed by atoms with Crippen molar-refractivity contribution < 1.29 is 14.2 Å². The number of hydrogen-bond acceptors (Lipinski definition) is 3. The van der Waals surface area contributed by atoms with E-state index in [4.69, 9.17) is 14.2 Å². The van der Waals surface area contributed by atoms with Crippen molar-refractivity contribution in [2.75, 3.05) is 13.2 Å². The van der Waals surface area contributed by atoms with E-state index in [1.807, 2.05) is 27.7 Å². The summed E-state index contributed by atoms with van der Waals surface area (Å²) in [6, 6.07) is 0. The van der Waals surface area contributed by atoms with E-state index in [0.29, 0.717) is 13.2 Å². The Bertz CT molecular complexity index is 145. The first-order chi connectivity index (χ1) is 7.06. The van der Waals surface area contributed by atoms with Crippen LogP contribution in [0.5, 0.6) is 0 Å². The summed E-state index contributed by atoms with van der Waals surface area (Å²) in [7, 11) is 0. The predicted octanol–water partition coefficient (Wildman–Crippen LogP) is 2.76. The predicted molar refractivity (Wildman–Crippen MR) is 61.9 cm³/mol. The lowest BCUT2D eigenvalue weighted by atomic mass is 10.4. The lowest BCUT2D eigenvalue weighted by Crippen LogP contribution is -2.26. The highest BCUT2D eigenvalue weighted by Crippen LogP contribution is 2.08. The highest BCUT2D eigenvalue weighted by molar-refractivity contribution is 4.63. The van der Waals surface area contributed by atoms with Gasteiger partial charge in [0.25, 0.3) is 0 Å². The van der Waals surface area contributed by atoms with Crippen LogP contribution in [-0.4, -0.2) is 31.7 Å². The highest BCUT2D eigenvalue weighted by Gasteiger charge is 2.12. The molecule has 0 aromatic carbocycles. The molecule has 90 valence electrons. The van der Waals surface area contributed by atoms with Gasteiger partial charge in [-0.3, -0.25) is 0 Å². The van der Waals surface area contributed by atoms with Gasteiger partial charge in [0.2, 0.25) is 0 Å². The first-order valence-electron chi connectivity index (χ1n) is 5.55. The van der Waals surface area contributed by atoms with Crippen LogP contribution in [-0.2, 0) is 14.2 Å². The minimum Gasteiger partial charge on any atom is -0.377 e. The molecule has 0 aromatic heterocycles. The topological polar surface area (TPSA) is 27.7 Å². The fourth-order valence-corrected chi connectivity index (χ4v) is 1.12. The minimum absolute atomic E-state index is 0.171. The molecular formula is C12H24O3. The minimum atomic E-state index is -0.171. The Hall–Kier alpha value is -0.380. The number of hydrogen-bond donors (Lipinski definition) is 0. The van der Waals surface area contributed by atoms with Gasteiger partial charge in [-0.1, -0.05) is 6.08 Å². The molecule has 0 saturated heterocycles. The van der Waals surface area contributed by atoms with Gasteiger partial charge in [0, 0.05) is 6.42 Å². The van der Waals surface area contributed by atoms with Crippen LogP contribution in [0.25, 0.3) is 0 Å². The molecule has 0 rings (SSSR count). The summed E-state index contributed by atoms with van der Waals surface area (Å²) in [6.07, 6.45) is 2.67. The van der Waals surface area contributed by atoms with E-state index >= 15 is 0 Å². The summed E-state index contributed by atoms with van der Waals surface area (Å²) in [5, 5.41) is 0. The zero-order valence-corrected chi connectivity index (χ0v) is 10.4. The first kappa shape index (κ1) is 14.6. The van der Waals surface area contributed by atoms with E-state index in [0.717, 1.165) is 6.42 Å². The first-order valence-corrected chi connectivity index (χ1v) is 5.55. The van der Waals surface area contributed by atoms with Crippen molar-refractivity contribution in [3.05, 3.63) is 12.7 Å². The van der Waals surface area contributed by atoms with E-state index in [-0.39, 0.29) is 18.5 Å². The Labute approximate surface area is 93.4 Å². The fraction of sp³-hybridized carbons (Fsp3) is 0.833. The van der Waals surface area contributed by atoms with Crippen molar-refractivity contribution in [2.24, 2.45) is 0 Å². The summed E-state index contributed by atoms with van der Waals surface area (Å²) >= 11 is 0. The third kappa shape index (κ3) is 9.91. The monoisotopic (exact) mass is 216 g/mol.